The molecule has 0 saturated heterocycles. The average Bonchev–Trinajstić information content (AvgIpc) is 3.33. The molecule has 63 heavy (non-hydrogen) atoms. The molecule has 2 amide bonds. The van der Waals surface area contributed by atoms with Gasteiger partial charge in [-0.25, -0.2) is 0 Å². The van der Waals surface area contributed by atoms with Crippen LogP contribution in [0.15, 0.2) is 182 Å². The van der Waals surface area contributed by atoms with Gasteiger partial charge in [-0.1, -0.05) is 203 Å². The van der Waals surface area contributed by atoms with Crippen LogP contribution in [0.3, 0.4) is 0 Å². The van der Waals surface area contributed by atoms with Gasteiger partial charge in [-0.15, -0.1) is 0 Å². The maximum atomic E-state index is 13.6. The Kier molecular flexibility index (Phi) is 22.5. The van der Waals surface area contributed by atoms with Crippen LogP contribution >= 0.6 is 35.7 Å². The van der Waals surface area contributed by atoms with Crippen LogP contribution in [0.5, 0.6) is 0 Å². The second-order valence-electron chi connectivity index (χ2n) is 14.5. The minimum absolute atomic E-state index is 0.169. The van der Waals surface area contributed by atoms with Gasteiger partial charge < -0.3 is 19.7 Å². The van der Waals surface area contributed by atoms with Crippen molar-refractivity contribution in [2.75, 3.05) is 13.2 Å². The van der Waals surface area contributed by atoms with Crippen LogP contribution < -0.4 is 31.9 Å². The molecular weight excluding hydrogens is 951 g/mol. The Morgan fingerprint density at radius 1 is 0.492 bits per heavy atom. The quantitative estimate of drug-likeness (QED) is 0.0611. The first-order valence-corrected chi connectivity index (χ1v) is 27.5. The molecule has 1 aliphatic rings. The molecule has 6 aromatic rings. The van der Waals surface area contributed by atoms with E-state index >= 15 is 0 Å². The van der Waals surface area contributed by atoms with Gasteiger partial charge in [-0.3, -0.25) is 9.59 Å². The molecule has 0 bridgehead atoms. The second-order valence-corrected chi connectivity index (χ2v) is 20.9. The zero-order valence-electron chi connectivity index (χ0n) is 35.4. The molecule has 7 rings (SSSR count). The average molecular weight is 1000 g/mol. The summed E-state index contributed by atoms with van der Waals surface area (Å²) in [6.45, 7) is 6.88. The van der Waals surface area contributed by atoms with E-state index in [2.05, 4.69) is 106 Å². The molecule has 0 unspecified atom stereocenters. The van der Waals surface area contributed by atoms with Gasteiger partial charge in [0.05, 0.1) is 41.6 Å². The maximum absolute atomic E-state index is 13.6. The standard InChI is InChI=1S/C42H38N2O4P2.C10H14.2ClH.Ru/c45-41(43-39(33-19-7-1-8-20-33)31-47-49(35-23-11-3-12-24-35)36-25-13-4-14-26-36)42(46)44-40(34-21-9-2-10-22-34)32-48-50(37-27-15-5-16-28-37)38-29-17-6-18-30-38;1-8(2)10-6-4-9(3)5-7-10;;;/h1-30,39-40H,31-32H2,(H,43,45)(H,44,46);4-8H,1-3H3;2*1H;/q;;;;+2/p-2/t39-,40-;;;;/m1..../s1. The summed E-state index contributed by atoms with van der Waals surface area (Å²) in [5.41, 5.74) is 1.67. The molecule has 0 spiro atoms. The van der Waals surface area contributed by atoms with E-state index in [1.165, 1.54) is 11.8 Å². The Bertz CT molecular complexity index is 1940. The van der Waals surface area contributed by atoms with E-state index in [1.54, 1.807) is 0 Å². The van der Waals surface area contributed by atoms with Crippen molar-refractivity contribution in [2.24, 2.45) is 5.92 Å². The monoisotopic (exact) mass is 1000 g/mol. The van der Waals surface area contributed by atoms with E-state index in [-0.39, 0.29) is 28.4 Å². The number of amides is 2. The van der Waals surface area contributed by atoms with E-state index in [1.807, 2.05) is 133 Å². The summed E-state index contributed by atoms with van der Waals surface area (Å²) in [7, 11) is 7.36. The molecule has 1 fully saturated rings. The number of rotatable bonds is 15. The topological polar surface area (TPSA) is 76.7 Å². The fourth-order valence-electron chi connectivity index (χ4n) is 6.36. The Morgan fingerprint density at radius 3 is 1.03 bits per heavy atom. The molecule has 6 radical (unpaired) electrons. The van der Waals surface area contributed by atoms with Crippen LogP contribution in [0.2, 0.25) is 0 Å². The normalized spacial score (nSPS) is 13.9. The van der Waals surface area contributed by atoms with Gasteiger partial charge in [0.25, 0.3) is 0 Å². The van der Waals surface area contributed by atoms with E-state index < -0.39 is 40.2 Å². The predicted molar refractivity (Wildman–Crippen MR) is 261 cm³/mol. The van der Waals surface area contributed by atoms with Crippen molar-refractivity contribution in [1.82, 2.24) is 10.6 Å². The molecule has 6 nitrogen and oxygen atoms in total. The molecule has 1 aliphatic carbocycles. The van der Waals surface area contributed by atoms with Crippen molar-refractivity contribution in [3.8, 4) is 0 Å². The van der Waals surface area contributed by atoms with Crippen LogP contribution in [-0.2, 0) is 33.8 Å². The Labute approximate surface area is 393 Å². The van der Waals surface area contributed by atoms with Gasteiger partial charge in [0.2, 0.25) is 0 Å². The number of halogens is 2. The van der Waals surface area contributed by atoms with Crippen molar-refractivity contribution in [3.05, 3.63) is 231 Å². The van der Waals surface area contributed by atoms with E-state index in [9.17, 15) is 9.59 Å². The molecule has 6 aromatic carbocycles. The summed E-state index contributed by atoms with van der Waals surface area (Å²) in [4.78, 5) is 27.3. The van der Waals surface area contributed by atoms with Crippen molar-refractivity contribution in [1.29, 1.82) is 0 Å². The Morgan fingerprint density at radius 2 is 0.762 bits per heavy atom. The van der Waals surface area contributed by atoms with E-state index in [4.69, 9.17) is 28.4 Å². The molecule has 0 aliphatic heterocycles. The van der Waals surface area contributed by atoms with Gasteiger partial charge in [-0.05, 0) is 54.6 Å². The predicted octanol–water partition coefficient (Wildman–Crippen LogP) is 10.8. The third kappa shape index (κ3) is 17.0. The summed E-state index contributed by atoms with van der Waals surface area (Å²) < 4.78 is 13.2. The number of carbonyl (C=O) groups is 2. The van der Waals surface area contributed by atoms with E-state index in [0.717, 1.165) is 32.3 Å². The number of hydrogen-bond acceptors (Lipinski definition) is 4. The van der Waals surface area contributed by atoms with Gasteiger partial charge in [0, 0.05) is 21.2 Å². The molecule has 0 aromatic heterocycles. The first kappa shape index (κ1) is 50.2. The van der Waals surface area contributed by atoms with Crippen LogP contribution in [0, 0.1) is 43.4 Å². The molecule has 11 heteroatoms. The molecule has 1 saturated carbocycles. The minimum atomic E-state index is -1.17. The Hall–Kier alpha value is -3.76. The Balaban J connectivity index is 0.000000497. The van der Waals surface area contributed by atoms with Gasteiger partial charge in [0.15, 0.2) is 0 Å². The van der Waals surface area contributed by atoms with Gasteiger partial charge in [-0.2, -0.15) is 0 Å². The first-order valence-electron chi connectivity index (χ1n) is 20.5. The molecular formula is C52H52Cl2N2O4P2Ru. The SMILES string of the molecule is C[C]1[CH][CH][C](C(C)C)[CH][CH]1.O=C(N[C@H](COP(c1ccccc1)c1ccccc1)c1ccccc1)C(=O)N[C@H](COP(c1ccccc1)c1ccccc1)c1ccccc1.[Cl][Ru][Cl]. The molecule has 0 heterocycles. The van der Waals surface area contributed by atoms with Crippen LogP contribution in [-0.4, -0.2) is 25.0 Å². The number of benzene rings is 6. The molecule has 2 atom stereocenters. The summed E-state index contributed by atoms with van der Waals surface area (Å²) in [6, 6.07) is 58.3. The number of hydrogen-bond donors (Lipinski definition) is 2. The van der Waals surface area contributed by atoms with Crippen LogP contribution in [0.1, 0.15) is 44.0 Å². The summed E-state index contributed by atoms with van der Waals surface area (Å²) >= 11 is -0.346. The fourth-order valence-corrected chi connectivity index (χ4v) is 9.92. The van der Waals surface area contributed by atoms with Crippen LogP contribution in [0.4, 0.5) is 0 Å². The third-order valence-corrected chi connectivity index (χ3v) is 13.6. The zero-order valence-corrected chi connectivity index (χ0v) is 40.5. The van der Waals surface area contributed by atoms with E-state index in [0.29, 0.717) is 5.92 Å². The zero-order chi connectivity index (χ0) is 44.7. The molecule has 326 valence electrons. The summed E-state index contributed by atoms with van der Waals surface area (Å²) in [6.07, 6.45) is 8.71. The first-order chi connectivity index (χ1) is 30.8. The number of nitrogens with one attached hydrogen (secondary N) is 2. The van der Waals surface area contributed by atoms with Crippen LogP contribution in [0.25, 0.3) is 0 Å². The second kappa shape index (κ2) is 28.2. The fraction of sp³-hybridized carbons (Fsp3) is 0.154. The summed E-state index contributed by atoms with van der Waals surface area (Å²) in [5.74, 6) is 1.91. The van der Waals surface area contributed by atoms with Crippen molar-refractivity contribution >= 4 is 68.7 Å². The molecule has 2 N–H and O–H groups in total. The summed E-state index contributed by atoms with van der Waals surface area (Å²) in [5, 5.41) is 10.2. The van der Waals surface area contributed by atoms with Gasteiger partial charge >= 0.3 is 46.3 Å². The van der Waals surface area contributed by atoms with Gasteiger partial charge in [0.1, 0.15) is 0 Å². The van der Waals surface area contributed by atoms with Crippen molar-refractivity contribution < 1.29 is 33.8 Å². The van der Waals surface area contributed by atoms with Crippen molar-refractivity contribution in [3.63, 3.8) is 0 Å². The van der Waals surface area contributed by atoms with Crippen molar-refractivity contribution in [2.45, 2.75) is 32.9 Å². The third-order valence-electron chi connectivity index (χ3n) is 9.67. The number of carbonyl (C=O) groups excluding carboxylic acids is 2.